The average molecular weight is 440 g/mol. The number of fused-ring (bicyclic) bond motifs is 1. The fourth-order valence-electron chi connectivity index (χ4n) is 4.62. The first-order valence-corrected chi connectivity index (χ1v) is 11.6. The van der Waals surface area contributed by atoms with E-state index in [1.807, 2.05) is 53.4 Å². The first kappa shape index (κ1) is 21.3. The summed E-state index contributed by atoms with van der Waals surface area (Å²) < 4.78 is 8.30. The summed E-state index contributed by atoms with van der Waals surface area (Å²) in [4.78, 5) is 19.8. The van der Waals surface area contributed by atoms with E-state index in [0.717, 1.165) is 46.8 Å². The predicted octanol–water partition coefficient (Wildman–Crippen LogP) is 5.64. The van der Waals surface area contributed by atoms with E-state index in [1.165, 1.54) is 5.56 Å². The maximum Gasteiger partial charge on any atom is 0.227 e. The van der Waals surface area contributed by atoms with Crippen molar-refractivity contribution < 1.29 is 9.53 Å². The van der Waals surface area contributed by atoms with Crippen molar-refractivity contribution in [3.05, 3.63) is 89.7 Å². The Kier molecular flexibility index (Phi) is 5.86. The van der Waals surface area contributed by atoms with Crippen LogP contribution in [-0.4, -0.2) is 28.6 Å². The fourth-order valence-corrected chi connectivity index (χ4v) is 4.62. The number of carbonyl (C=O) groups is 1. The Hall–Kier alpha value is -3.60. The lowest BCUT2D eigenvalue weighted by Gasteiger charge is -2.18. The Morgan fingerprint density at radius 2 is 1.73 bits per heavy atom. The van der Waals surface area contributed by atoms with Gasteiger partial charge in [-0.25, -0.2) is 4.98 Å². The molecule has 3 aromatic carbocycles. The van der Waals surface area contributed by atoms with Gasteiger partial charge in [0.2, 0.25) is 5.91 Å². The van der Waals surface area contributed by atoms with Crippen molar-refractivity contribution in [3.63, 3.8) is 0 Å². The molecular formula is C28H29N3O2. The first-order valence-electron chi connectivity index (χ1n) is 11.6. The zero-order valence-corrected chi connectivity index (χ0v) is 19.2. The van der Waals surface area contributed by atoms with Crippen LogP contribution in [0.4, 0.5) is 5.69 Å². The van der Waals surface area contributed by atoms with Crippen LogP contribution < -0.4 is 9.64 Å². The normalized spacial score (nSPS) is 16.0. The molecule has 1 aromatic heterocycles. The van der Waals surface area contributed by atoms with Gasteiger partial charge in [-0.05, 0) is 56.2 Å². The zero-order valence-electron chi connectivity index (χ0n) is 19.2. The first-order chi connectivity index (χ1) is 16.1. The van der Waals surface area contributed by atoms with Gasteiger partial charge in [0.1, 0.15) is 11.6 Å². The van der Waals surface area contributed by atoms with Gasteiger partial charge in [0.25, 0.3) is 0 Å². The molecule has 33 heavy (non-hydrogen) atoms. The van der Waals surface area contributed by atoms with Gasteiger partial charge in [-0.1, -0.05) is 48.0 Å². The number of para-hydroxylation sites is 3. The maximum atomic E-state index is 12.9. The number of imidazole rings is 1. The SMILES string of the molecule is Cc1ccc(N2C[C@@H](c3nc4ccccc4n3CCCOc3ccccc3C)CC2=O)cc1. The van der Waals surface area contributed by atoms with E-state index in [0.29, 0.717) is 19.6 Å². The van der Waals surface area contributed by atoms with E-state index < -0.39 is 0 Å². The Morgan fingerprint density at radius 1 is 0.970 bits per heavy atom. The Labute approximate surface area is 194 Å². The highest BCUT2D eigenvalue weighted by atomic mass is 16.5. The number of hydrogen-bond donors (Lipinski definition) is 0. The van der Waals surface area contributed by atoms with Gasteiger partial charge < -0.3 is 14.2 Å². The summed E-state index contributed by atoms with van der Waals surface area (Å²) >= 11 is 0. The molecule has 5 heteroatoms. The molecule has 1 aliphatic rings. The van der Waals surface area contributed by atoms with Crippen molar-refractivity contribution in [2.45, 2.75) is 39.2 Å². The number of rotatable bonds is 7. The second kappa shape index (κ2) is 9.10. The molecule has 5 nitrogen and oxygen atoms in total. The van der Waals surface area contributed by atoms with Gasteiger partial charge in [-0.15, -0.1) is 0 Å². The summed E-state index contributed by atoms with van der Waals surface area (Å²) in [6, 6.07) is 24.5. The molecule has 1 amide bonds. The fraction of sp³-hybridized carbons (Fsp3) is 0.286. The lowest BCUT2D eigenvalue weighted by Crippen LogP contribution is -2.24. The van der Waals surface area contributed by atoms with Crippen molar-refractivity contribution in [3.8, 4) is 5.75 Å². The van der Waals surface area contributed by atoms with Crippen LogP contribution in [0.1, 0.15) is 35.7 Å². The highest BCUT2D eigenvalue weighted by Gasteiger charge is 2.34. The van der Waals surface area contributed by atoms with E-state index in [9.17, 15) is 4.79 Å². The third-order valence-electron chi connectivity index (χ3n) is 6.40. The third-order valence-corrected chi connectivity index (χ3v) is 6.40. The molecule has 1 aliphatic heterocycles. The second-order valence-electron chi connectivity index (χ2n) is 8.82. The maximum absolute atomic E-state index is 12.9. The quantitative estimate of drug-likeness (QED) is 0.350. The van der Waals surface area contributed by atoms with Gasteiger partial charge >= 0.3 is 0 Å². The molecule has 0 bridgehead atoms. The number of aryl methyl sites for hydroxylation is 3. The molecule has 0 saturated carbocycles. The third kappa shape index (κ3) is 4.36. The molecule has 168 valence electrons. The molecule has 1 atom stereocenters. The molecular weight excluding hydrogens is 410 g/mol. The molecule has 1 saturated heterocycles. The summed E-state index contributed by atoms with van der Waals surface area (Å²) in [7, 11) is 0. The van der Waals surface area contributed by atoms with E-state index in [-0.39, 0.29) is 11.8 Å². The minimum Gasteiger partial charge on any atom is -0.493 e. The van der Waals surface area contributed by atoms with Crippen molar-refractivity contribution in [1.29, 1.82) is 0 Å². The lowest BCUT2D eigenvalue weighted by atomic mass is 10.1. The van der Waals surface area contributed by atoms with E-state index in [2.05, 4.69) is 42.7 Å². The molecule has 1 fully saturated rings. The van der Waals surface area contributed by atoms with Crippen LogP contribution in [0.2, 0.25) is 0 Å². The van der Waals surface area contributed by atoms with Gasteiger partial charge in [0, 0.05) is 31.1 Å². The lowest BCUT2D eigenvalue weighted by molar-refractivity contribution is -0.117. The zero-order chi connectivity index (χ0) is 22.8. The van der Waals surface area contributed by atoms with Crippen LogP contribution >= 0.6 is 0 Å². The summed E-state index contributed by atoms with van der Waals surface area (Å²) in [6.07, 6.45) is 1.35. The minimum atomic E-state index is 0.0727. The molecule has 2 heterocycles. The monoisotopic (exact) mass is 439 g/mol. The standard InChI is InChI=1S/C28H29N3O2/c1-20-12-14-23(15-13-20)31-19-22(18-27(31)32)28-29-24-9-4-5-10-25(24)30(28)16-7-17-33-26-11-6-3-8-21(26)2/h3-6,8-15,22H,7,16-19H2,1-2H3/t22-/m0/s1. The largest absolute Gasteiger partial charge is 0.493 e. The van der Waals surface area contributed by atoms with E-state index >= 15 is 0 Å². The van der Waals surface area contributed by atoms with Gasteiger partial charge in [0.05, 0.1) is 17.6 Å². The van der Waals surface area contributed by atoms with Gasteiger partial charge in [0.15, 0.2) is 0 Å². The predicted molar refractivity (Wildman–Crippen MR) is 132 cm³/mol. The van der Waals surface area contributed by atoms with Crippen LogP contribution in [0.25, 0.3) is 11.0 Å². The number of carbonyl (C=O) groups excluding carboxylic acids is 1. The van der Waals surface area contributed by atoms with Crippen LogP contribution in [0, 0.1) is 13.8 Å². The Balaban J connectivity index is 1.35. The van der Waals surface area contributed by atoms with Crippen molar-refractivity contribution in [1.82, 2.24) is 9.55 Å². The Morgan fingerprint density at radius 3 is 2.55 bits per heavy atom. The van der Waals surface area contributed by atoms with Crippen LogP contribution in [0.15, 0.2) is 72.8 Å². The van der Waals surface area contributed by atoms with E-state index in [1.54, 1.807) is 0 Å². The number of aromatic nitrogens is 2. The van der Waals surface area contributed by atoms with Gasteiger partial charge in [-0.3, -0.25) is 4.79 Å². The molecule has 0 spiro atoms. The number of benzene rings is 3. The van der Waals surface area contributed by atoms with Crippen LogP contribution in [0.5, 0.6) is 5.75 Å². The summed E-state index contributed by atoms with van der Waals surface area (Å²) in [5.74, 6) is 2.16. The molecule has 0 unspecified atom stereocenters. The number of anilines is 1. The topological polar surface area (TPSA) is 47.4 Å². The number of nitrogens with zero attached hydrogens (tertiary/aromatic N) is 3. The van der Waals surface area contributed by atoms with Crippen molar-refractivity contribution in [2.75, 3.05) is 18.1 Å². The average Bonchev–Trinajstić information content (AvgIpc) is 3.39. The molecule has 0 radical (unpaired) electrons. The second-order valence-corrected chi connectivity index (χ2v) is 8.82. The highest BCUT2D eigenvalue weighted by molar-refractivity contribution is 5.96. The molecule has 0 N–H and O–H groups in total. The summed E-state index contributed by atoms with van der Waals surface area (Å²) in [5.41, 5.74) is 5.39. The highest BCUT2D eigenvalue weighted by Crippen LogP contribution is 2.33. The number of ether oxygens (including phenoxy) is 1. The van der Waals surface area contributed by atoms with Gasteiger partial charge in [-0.2, -0.15) is 0 Å². The Bertz CT molecular complexity index is 1280. The van der Waals surface area contributed by atoms with Crippen molar-refractivity contribution in [2.24, 2.45) is 0 Å². The molecule has 0 aliphatic carbocycles. The smallest absolute Gasteiger partial charge is 0.227 e. The van der Waals surface area contributed by atoms with Crippen LogP contribution in [-0.2, 0) is 11.3 Å². The molecule has 4 aromatic rings. The number of amides is 1. The number of hydrogen-bond acceptors (Lipinski definition) is 3. The minimum absolute atomic E-state index is 0.0727. The van der Waals surface area contributed by atoms with Crippen LogP contribution in [0.3, 0.4) is 0 Å². The summed E-state index contributed by atoms with van der Waals surface area (Å²) in [6.45, 7) is 6.22. The molecule has 5 rings (SSSR count). The van der Waals surface area contributed by atoms with E-state index in [4.69, 9.17) is 9.72 Å². The summed E-state index contributed by atoms with van der Waals surface area (Å²) in [5, 5.41) is 0. The van der Waals surface area contributed by atoms with Crippen molar-refractivity contribution >= 4 is 22.6 Å².